The van der Waals surface area contributed by atoms with Gasteiger partial charge in [0.05, 0.1) is 12.6 Å². The van der Waals surface area contributed by atoms with Crippen molar-refractivity contribution in [1.82, 2.24) is 0 Å². The summed E-state index contributed by atoms with van der Waals surface area (Å²) >= 11 is 3.40. The monoisotopic (exact) mass is 432 g/mol. The second-order valence-corrected chi connectivity index (χ2v) is 7.26. The van der Waals surface area contributed by atoms with Crippen molar-refractivity contribution in [3.63, 3.8) is 0 Å². The normalized spacial score (nSPS) is 11.4. The van der Waals surface area contributed by atoms with Crippen LogP contribution in [0.5, 0.6) is 5.75 Å². The van der Waals surface area contributed by atoms with Gasteiger partial charge in [0.25, 0.3) is 0 Å². The summed E-state index contributed by atoms with van der Waals surface area (Å²) in [5.41, 5.74) is 8.47. The molecule has 0 aliphatic carbocycles. The molecule has 0 saturated heterocycles. The zero-order valence-electron chi connectivity index (χ0n) is 15.8. The Morgan fingerprint density at radius 3 is 2.52 bits per heavy atom. The van der Waals surface area contributed by atoms with Gasteiger partial charge in [0.1, 0.15) is 5.75 Å². The number of carbonyl (C=O) groups is 1. The van der Waals surface area contributed by atoms with E-state index in [0.29, 0.717) is 6.54 Å². The van der Waals surface area contributed by atoms with Crippen LogP contribution in [-0.2, 0) is 4.79 Å². The van der Waals surface area contributed by atoms with Crippen molar-refractivity contribution in [2.75, 3.05) is 17.2 Å². The average Bonchev–Trinajstić information content (AvgIpc) is 2.59. The predicted octanol–water partition coefficient (Wildman–Crippen LogP) is 4.30. The molecular formula is C20H25BrN4O2. The Morgan fingerprint density at radius 1 is 1.19 bits per heavy atom. The SMILES string of the molecule is Cc1cc(Br)ccc1NC(=O)CCN=C(N)Nc1ccc(OC(C)C)cc1. The number of hydrogen-bond donors (Lipinski definition) is 3. The largest absolute Gasteiger partial charge is 0.491 e. The van der Waals surface area contributed by atoms with Gasteiger partial charge in [0.2, 0.25) is 5.91 Å². The van der Waals surface area contributed by atoms with Crippen molar-refractivity contribution in [2.45, 2.75) is 33.3 Å². The number of aliphatic imine (C=N–C) groups is 1. The van der Waals surface area contributed by atoms with E-state index in [4.69, 9.17) is 10.5 Å². The van der Waals surface area contributed by atoms with Gasteiger partial charge >= 0.3 is 0 Å². The maximum absolute atomic E-state index is 12.0. The van der Waals surface area contributed by atoms with Gasteiger partial charge in [-0.05, 0) is 68.8 Å². The Bertz CT molecular complexity index is 804. The number of aryl methyl sites for hydroxylation is 1. The number of halogens is 1. The number of hydrogen-bond acceptors (Lipinski definition) is 3. The quantitative estimate of drug-likeness (QED) is 0.449. The van der Waals surface area contributed by atoms with E-state index in [1.807, 2.05) is 63.2 Å². The van der Waals surface area contributed by atoms with Gasteiger partial charge < -0.3 is 21.1 Å². The molecule has 27 heavy (non-hydrogen) atoms. The molecule has 6 nitrogen and oxygen atoms in total. The lowest BCUT2D eigenvalue weighted by molar-refractivity contribution is -0.116. The Balaban J connectivity index is 1.80. The molecule has 1 amide bonds. The number of rotatable bonds is 7. The highest BCUT2D eigenvalue weighted by atomic mass is 79.9. The molecule has 0 atom stereocenters. The number of nitrogens with zero attached hydrogens (tertiary/aromatic N) is 1. The van der Waals surface area contributed by atoms with Crippen molar-refractivity contribution in [3.05, 3.63) is 52.5 Å². The summed E-state index contributed by atoms with van der Waals surface area (Å²) in [7, 11) is 0. The summed E-state index contributed by atoms with van der Waals surface area (Å²) in [5.74, 6) is 0.957. The first-order valence-electron chi connectivity index (χ1n) is 8.73. The molecule has 0 heterocycles. The van der Waals surface area contributed by atoms with Gasteiger partial charge in [-0.1, -0.05) is 15.9 Å². The molecule has 0 unspecified atom stereocenters. The van der Waals surface area contributed by atoms with Crippen LogP contribution in [0.4, 0.5) is 11.4 Å². The molecule has 144 valence electrons. The van der Waals surface area contributed by atoms with E-state index in [1.54, 1.807) is 0 Å². The standard InChI is InChI=1S/C20H25BrN4O2/c1-13(2)27-17-7-5-16(6-8-17)24-20(22)23-11-10-19(26)25-18-9-4-15(21)12-14(18)3/h4-9,12-13H,10-11H2,1-3H3,(H,25,26)(H3,22,23,24). The number of carbonyl (C=O) groups excluding carboxylic acids is 1. The van der Waals surface area contributed by atoms with Crippen molar-refractivity contribution < 1.29 is 9.53 Å². The number of ether oxygens (including phenoxy) is 1. The number of benzene rings is 2. The van der Waals surface area contributed by atoms with Gasteiger partial charge in [0.15, 0.2) is 5.96 Å². The second kappa shape index (κ2) is 9.97. The van der Waals surface area contributed by atoms with E-state index in [9.17, 15) is 4.79 Å². The van der Waals surface area contributed by atoms with Gasteiger partial charge in [0, 0.05) is 22.3 Å². The summed E-state index contributed by atoms with van der Waals surface area (Å²) < 4.78 is 6.57. The third-order valence-electron chi connectivity index (χ3n) is 3.58. The third kappa shape index (κ3) is 7.30. The minimum atomic E-state index is -0.104. The fourth-order valence-corrected chi connectivity index (χ4v) is 2.81. The zero-order chi connectivity index (χ0) is 19.8. The van der Waals surface area contributed by atoms with E-state index in [0.717, 1.165) is 27.2 Å². The smallest absolute Gasteiger partial charge is 0.226 e. The minimum Gasteiger partial charge on any atom is -0.491 e. The maximum Gasteiger partial charge on any atom is 0.226 e. The Labute approximate surface area is 168 Å². The van der Waals surface area contributed by atoms with Crippen molar-refractivity contribution >= 4 is 39.2 Å². The molecule has 4 N–H and O–H groups in total. The summed E-state index contributed by atoms with van der Waals surface area (Å²) in [5, 5.41) is 5.87. The lowest BCUT2D eigenvalue weighted by atomic mass is 10.2. The number of amides is 1. The molecule has 0 fully saturated rings. The van der Waals surface area contributed by atoms with Gasteiger partial charge in [-0.25, -0.2) is 0 Å². The minimum absolute atomic E-state index is 0.104. The van der Waals surface area contributed by atoms with E-state index < -0.39 is 0 Å². The van der Waals surface area contributed by atoms with Crippen LogP contribution in [0.15, 0.2) is 51.9 Å². The Hall–Kier alpha value is -2.54. The molecule has 0 saturated carbocycles. The summed E-state index contributed by atoms with van der Waals surface area (Å²) in [6.45, 7) is 6.20. The van der Waals surface area contributed by atoms with E-state index in [-0.39, 0.29) is 24.4 Å². The van der Waals surface area contributed by atoms with Gasteiger partial charge in [-0.3, -0.25) is 9.79 Å². The van der Waals surface area contributed by atoms with Crippen molar-refractivity contribution in [2.24, 2.45) is 10.7 Å². The molecular weight excluding hydrogens is 408 g/mol. The molecule has 0 radical (unpaired) electrons. The highest BCUT2D eigenvalue weighted by Gasteiger charge is 2.05. The van der Waals surface area contributed by atoms with Crippen LogP contribution >= 0.6 is 15.9 Å². The van der Waals surface area contributed by atoms with Crippen LogP contribution in [-0.4, -0.2) is 24.5 Å². The topological polar surface area (TPSA) is 88.7 Å². The first kappa shape index (κ1) is 20.8. The van der Waals surface area contributed by atoms with Crippen LogP contribution in [0.1, 0.15) is 25.8 Å². The van der Waals surface area contributed by atoms with Crippen LogP contribution < -0.4 is 21.1 Å². The Kier molecular flexibility index (Phi) is 7.67. The molecule has 7 heteroatoms. The summed E-state index contributed by atoms with van der Waals surface area (Å²) in [4.78, 5) is 16.2. The Morgan fingerprint density at radius 2 is 1.89 bits per heavy atom. The number of nitrogens with two attached hydrogens (primary N) is 1. The van der Waals surface area contributed by atoms with E-state index >= 15 is 0 Å². The van der Waals surface area contributed by atoms with Crippen LogP contribution in [0.3, 0.4) is 0 Å². The average molecular weight is 433 g/mol. The van der Waals surface area contributed by atoms with Gasteiger partial charge in [-0.2, -0.15) is 0 Å². The molecule has 0 spiro atoms. The third-order valence-corrected chi connectivity index (χ3v) is 4.08. The van der Waals surface area contributed by atoms with Crippen molar-refractivity contribution in [3.8, 4) is 5.75 Å². The van der Waals surface area contributed by atoms with Gasteiger partial charge in [-0.15, -0.1) is 0 Å². The number of guanidine groups is 1. The second-order valence-electron chi connectivity index (χ2n) is 6.34. The molecule has 2 aromatic carbocycles. The highest BCUT2D eigenvalue weighted by Crippen LogP contribution is 2.20. The molecule has 0 bridgehead atoms. The summed E-state index contributed by atoms with van der Waals surface area (Å²) in [6, 6.07) is 13.2. The van der Waals surface area contributed by atoms with Crippen LogP contribution in [0.25, 0.3) is 0 Å². The first-order chi connectivity index (χ1) is 12.8. The maximum atomic E-state index is 12.0. The van der Waals surface area contributed by atoms with Crippen LogP contribution in [0, 0.1) is 6.92 Å². The molecule has 2 aromatic rings. The molecule has 2 rings (SSSR count). The first-order valence-corrected chi connectivity index (χ1v) is 9.52. The van der Waals surface area contributed by atoms with E-state index in [2.05, 4.69) is 31.6 Å². The lowest BCUT2D eigenvalue weighted by Gasteiger charge is -2.11. The fourth-order valence-electron chi connectivity index (χ4n) is 2.33. The summed E-state index contributed by atoms with van der Waals surface area (Å²) in [6.07, 6.45) is 0.377. The number of nitrogens with one attached hydrogen (secondary N) is 2. The fraction of sp³-hybridized carbons (Fsp3) is 0.300. The predicted molar refractivity (Wildman–Crippen MR) is 114 cm³/mol. The lowest BCUT2D eigenvalue weighted by Crippen LogP contribution is -2.23. The van der Waals surface area contributed by atoms with E-state index in [1.165, 1.54) is 0 Å². The van der Waals surface area contributed by atoms with Crippen molar-refractivity contribution in [1.29, 1.82) is 0 Å². The molecule has 0 aliphatic rings. The molecule has 0 aliphatic heterocycles. The zero-order valence-corrected chi connectivity index (χ0v) is 17.3. The highest BCUT2D eigenvalue weighted by molar-refractivity contribution is 9.10. The molecule has 0 aromatic heterocycles. The van der Waals surface area contributed by atoms with Crippen LogP contribution in [0.2, 0.25) is 0 Å². The number of anilines is 2.